The van der Waals surface area contributed by atoms with Crippen molar-refractivity contribution in [1.82, 2.24) is 9.99 Å². The van der Waals surface area contributed by atoms with Gasteiger partial charge in [-0.15, -0.1) is 0 Å². The quantitative estimate of drug-likeness (QED) is 0.306. The Morgan fingerprint density at radius 1 is 1.00 bits per heavy atom. The number of imidazole rings is 1. The summed E-state index contributed by atoms with van der Waals surface area (Å²) in [6.45, 7) is 0.671. The molecule has 172 valence electrons. The van der Waals surface area contributed by atoms with Crippen molar-refractivity contribution in [2.24, 2.45) is 7.05 Å². The summed E-state index contributed by atoms with van der Waals surface area (Å²) in [6.07, 6.45) is -6.72. The zero-order valence-corrected chi connectivity index (χ0v) is 15.7. The number of aromatic nitrogens is 2. The molecular formula is C16H16F6N4O5. The number of hydrogen-bond donors (Lipinski definition) is 2. The first-order valence-corrected chi connectivity index (χ1v) is 7.82. The molecule has 15 heteroatoms. The lowest BCUT2D eigenvalue weighted by molar-refractivity contribution is -0.671. The number of carboxylic acids is 2. The summed E-state index contributed by atoms with van der Waals surface area (Å²) in [6, 6.07) is 10.0. The van der Waals surface area contributed by atoms with Gasteiger partial charge in [-0.1, -0.05) is 30.3 Å². The average molecular weight is 458 g/mol. The Labute approximate surface area is 170 Å². The molecule has 0 aliphatic carbocycles. The number of nitrogens with one attached hydrogen (secondary N) is 1. The molecule has 1 amide bonds. The summed E-state index contributed by atoms with van der Waals surface area (Å²) in [5.74, 6) is -2.80. The molecule has 4 N–H and O–H groups in total. The van der Waals surface area contributed by atoms with E-state index in [2.05, 4.69) is 11.3 Å². The fourth-order valence-electron chi connectivity index (χ4n) is 1.77. The SMILES string of the molecule is C[n+]1cc(C(=O)N[NH3+])n(Cc2ccccc2)c1.O=C([O-])C(F)(F)F.O=C([O-])C(F)(F)F. The van der Waals surface area contributed by atoms with E-state index < -0.39 is 24.3 Å². The van der Waals surface area contributed by atoms with E-state index in [1.807, 2.05) is 52.8 Å². The van der Waals surface area contributed by atoms with E-state index in [-0.39, 0.29) is 5.91 Å². The third-order valence-corrected chi connectivity index (χ3v) is 3.01. The van der Waals surface area contributed by atoms with Gasteiger partial charge in [-0.2, -0.15) is 31.8 Å². The van der Waals surface area contributed by atoms with Crippen LogP contribution in [0.5, 0.6) is 0 Å². The predicted octanol–water partition coefficient (Wildman–Crippen LogP) is -2.16. The minimum atomic E-state index is -5.19. The third-order valence-electron chi connectivity index (χ3n) is 3.01. The summed E-state index contributed by atoms with van der Waals surface area (Å²) in [7, 11) is 1.89. The Bertz CT molecular complexity index is 857. The first-order valence-electron chi connectivity index (χ1n) is 7.82. The van der Waals surface area contributed by atoms with Crippen molar-refractivity contribution in [1.29, 1.82) is 0 Å². The molecule has 0 saturated carbocycles. The number of alkyl halides is 6. The lowest BCUT2D eigenvalue weighted by Crippen LogP contribution is -2.67. The summed E-state index contributed by atoms with van der Waals surface area (Å²) in [5, 5.41) is 17.6. The molecule has 0 aliphatic heterocycles. The second-order valence-corrected chi connectivity index (χ2v) is 5.49. The van der Waals surface area contributed by atoms with Gasteiger partial charge in [-0.25, -0.2) is 9.13 Å². The van der Waals surface area contributed by atoms with Crippen molar-refractivity contribution in [3.63, 3.8) is 0 Å². The first-order chi connectivity index (χ1) is 14.1. The maximum absolute atomic E-state index is 11.6. The van der Waals surface area contributed by atoms with Crippen molar-refractivity contribution in [2.45, 2.75) is 18.9 Å². The Kier molecular flexibility index (Phi) is 10.2. The number of hydrogen-bond acceptors (Lipinski definition) is 5. The molecule has 1 aromatic heterocycles. The maximum Gasteiger partial charge on any atom is 0.430 e. The van der Waals surface area contributed by atoms with Gasteiger partial charge in [0.05, 0.1) is 7.05 Å². The maximum atomic E-state index is 11.6. The highest BCUT2D eigenvalue weighted by Gasteiger charge is 2.29. The summed E-state index contributed by atoms with van der Waals surface area (Å²) in [5.41, 5.74) is 4.16. The normalized spacial score (nSPS) is 10.7. The number of benzene rings is 1. The molecule has 0 bridgehead atoms. The van der Waals surface area contributed by atoms with Gasteiger partial charge in [0, 0.05) is 0 Å². The number of aryl methyl sites for hydroxylation is 1. The van der Waals surface area contributed by atoms with Crippen LogP contribution in [0.15, 0.2) is 42.9 Å². The molecule has 0 aliphatic rings. The molecule has 1 aromatic carbocycles. The zero-order chi connectivity index (χ0) is 24.4. The largest absolute Gasteiger partial charge is 0.542 e. The number of carboxylic acid groups (broad SMARTS) is 2. The number of nitrogens with zero attached hydrogens (tertiary/aromatic N) is 2. The van der Waals surface area contributed by atoms with Crippen molar-refractivity contribution in [3.8, 4) is 0 Å². The summed E-state index contributed by atoms with van der Waals surface area (Å²) >= 11 is 0. The van der Waals surface area contributed by atoms with Gasteiger partial charge < -0.3 is 19.8 Å². The minimum Gasteiger partial charge on any atom is -0.542 e. The van der Waals surface area contributed by atoms with Crippen LogP contribution < -0.4 is 26.0 Å². The topological polar surface area (TPSA) is 146 Å². The highest BCUT2D eigenvalue weighted by molar-refractivity contribution is 5.91. The zero-order valence-electron chi connectivity index (χ0n) is 15.7. The van der Waals surface area contributed by atoms with E-state index in [9.17, 15) is 31.1 Å². The van der Waals surface area contributed by atoms with Gasteiger partial charge in [-0.3, -0.25) is 10.6 Å². The number of quaternary nitrogens is 1. The van der Waals surface area contributed by atoms with Crippen LogP contribution in [0.2, 0.25) is 0 Å². The summed E-state index contributed by atoms with van der Waals surface area (Å²) in [4.78, 5) is 29.2. The lowest BCUT2D eigenvalue weighted by atomic mass is 10.2. The second kappa shape index (κ2) is 11.5. The van der Waals surface area contributed by atoms with E-state index in [0.717, 1.165) is 5.56 Å². The fraction of sp³-hybridized carbons (Fsp3) is 0.250. The van der Waals surface area contributed by atoms with Gasteiger partial charge in [-0.05, 0) is 5.56 Å². The fourth-order valence-corrected chi connectivity index (χ4v) is 1.77. The van der Waals surface area contributed by atoms with E-state index in [4.69, 9.17) is 19.8 Å². The van der Waals surface area contributed by atoms with Crippen molar-refractivity contribution >= 4 is 17.8 Å². The molecule has 0 fully saturated rings. The third kappa shape index (κ3) is 10.6. The smallest absolute Gasteiger partial charge is 0.430 e. The van der Waals surface area contributed by atoms with Crippen molar-refractivity contribution < 1.29 is 61.3 Å². The van der Waals surface area contributed by atoms with Crippen LogP contribution in [-0.2, 0) is 23.2 Å². The Morgan fingerprint density at radius 3 is 1.77 bits per heavy atom. The second-order valence-electron chi connectivity index (χ2n) is 5.49. The molecule has 31 heavy (non-hydrogen) atoms. The molecule has 0 unspecified atom stereocenters. The lowest BCUT2D eigenvalue weighted by Gasteiger charge is -2.03. The van der Waals surface area contributed by atoms with Crippen LogP contribution in [0.1, 0.15) is 16.1 Å². The predicted molar refractivity (Wildman–Crippen MR) is 83.6 cm³/mol. The van der Waals surface area contributed by atoms with Gasteiger partial charge in [0.15, 0.2) is 0 Å². The number of amides is 1. The summed E-state index contributed by atoms with van der Waals surface area (Å²) < 4.78 is 66.9. The molecule has 2 rings (SSSR count). The molecule has 1 heterocycles. The van der Waals surface area contributed by atoms with E-state index in [0.29, 0.717) is 12.2 Å². The van der Waals surface area contributed by atoms with Crippen LogP contribution in [0.25, 0.3) is 0 Å². The molecule has 0 atom stereocenters. The van der Waals surface area contributed by atoms with Gasteiger partial charge in [0.1, 0.15) is 24.7 Å². The highest BCUT2D eigenvalue weighted by atomic mass is 19.4. The Balaban J connectivity index is 0.000000536. The van der Waals surface area contributed by atoms with Crippen molar-refractivity contribution in [3.05, 3.63) is 54.1 Å². The standard InChI is InChI=1S/C12H14N4O.2C2HF3O2/c1-15-8-11(12(17)14-13)16(9-15)7-10-5-3-2-4-6-10;2*3-2(4,5)1(6)7/h2-6,8-9H,7,13H2,1H3;2*(H,6,7). The molecule has 9 nitrogen and oxygen atoms in total. The van der Waals surface area contributed by atoms with Crippen LogP contribution >= 0.6 is 0 Å². The Hall–Kier alpha value is -3.62. The Morgan fingerprint density at radius 2 is 1.42 bits per heavy atom. The molecule has 0 radical (unpaired) electrons. The van der Waals surface area contributed by atoms with Crippen molar-refractivity contribution in [2.75, 3.05) is 0 Å². The average Bonchev–Trinajstić information content (AvgIpc) is 3.01. The molecule has 0 saturated heterocycles. The van der Waals surface area contributed by atoms with Crippen LogP contribution in [0.4, 0.5) is 26.3 Å². The van der Waals surface area contributed by atoms with Crippen LogP contribution in [0, 0.1) is 0 Å². The van der Waals surface area contributed by atoms with Crippen LogP contribution in [-0.4, -0.2) is 34.8 Å². The number of halogens is 6. The van der Waals surface area contributed by atoms with Gasteiger partial charge >= 0.3 is 18.3 Å². The number of carbonyl (C=O) groups excluding carboxylic acids is 3. The number of rotatable bonds is 3. The van der Waals surface area contributed by atoms with Crippen LogP contribution in [0.3, 0.4) is 0 Å². The molecule has 0 spiro atoms. The van der Waals surface area contributed by atoms with E-state index in [1.165, 1.54) is 0 Å². The molecule has 2 aromatic rings. The van der Waals surface area contributed by atoms with E-state index >= 15 is 0 Å². The highest BCUT2D eigenvalue weighted by Crippen LogP contribution is 2.12. The monoisotopic (exact) mass is 458 g/mol. The van der Waals surface area contributed by atoms with Gasteiger partial charge in [0.25, 0.3) is 0 Å². The van der Waals surface area contributed by atoms with Gasteiger partial charge in [0.2, 0.25) is 12.0 Å². The first kappa shape index (κ1) is 27.4. The van der Waals surface area contributed by atoms with E-state index in [1.54, 1.807) is 6.20 Å². The number of carbonyl (C=O) groups is 3. The molecular weight excluding hydrogens is 442 g/mol. The number of aliphatic carboxylic acids is 2. The minimum absolute atomic E-state index is 0.179.